The minimum Gasteiger partial charge on any atom is -0.454 e. The number of ketones is 3. The summed E-state index contributed by atoms with van der Waals surface area (Å²) in [5.41, 5.74) is -1.46. The Morgan fingerprint density at radius 1 is 1.06 bits per heavy atom. The summed E-state index contributed by atoms with van der Waals surface area (Å²) in [6.07, 6.45) is 5.54. The standard InChI is InChI=1S/C28H32O6/c1-26-12-10-19(29)14-18(26)8-9-20-21-11-13-28(33,27(21,2)15-22(30)24(20)26)23(31)16-34-25(32)17-6-4-3-5-7-17/h3-7,14,20-21,24,33H,8-13,15-16H2,1-2H3/t20-,21+,24+,26-,27+,28-/m1/s1. The number of rotatable bonds is 4. The van der Waals surface area contributed by atoms with Gasteiger partial charge in [0.25, 0.3) is 0 Å². The highest BCUT2D eigenvalue weighted by molar-refractivity contribution is 5.96. The van der Waals surface area contributed by atoms with Gasteiger partial charge in [0.1, 0.15) is 11.4 Å². The Morgan fingerprint density at radius 2 is 1.79 bits per heavy atom. The molecule has 1 N–H and O–H groups in total. The second-order valence-corrected chi connectivity index (χ2v) is 11.2. The van der Waals surface area contributed by atoms with Crippen LogP contribution in [0.4, 0.5) is 0 Å². The maximum Gasteiger partial charge on any atom is 0.338 e. The number of benzene rings is 1. The van der Waals surface area contributed by atoms with E-state index in [-0.39, 0.29) is 47.6 Å². The van der Waals surface area contributed by atoms with Gasteiger partial charge in [0.05, 0.1) is 5.56 Å². The molecule has 5 rings (SSSR count). The highest BCUT2D eigenvalue weighted by Crippen LogP contribution is 2.66. The predicted octanol–water partition coefficient (Wildman–Crippen LogP) is 3.85. The van der Waals surface area contributed by atoms with Gasteiger partial charge < -0.3 is 9.84 Å². The van der Waals surface area contributed by atoms with Crippen molar-refractivity contribution < 1.29 is 29.0 Å². The van der Waals surface area contributed by atoms with E-state index in [1.807, 2.05) is 6.92 Å². The number of carbonyl (C=O) groups excluding carboxylic acids is 4. The molecule has 0 bridgehead atoms. The van der Waals surface area contributed by atoms with Crippen LogP contribution >= 0.6 is 0 Å². The maximum atomic E-state index is 13.7. The van der Waals surface area contributed by atoms with Crippen molar-refractivity contribution in [1.29, 1.82) is 0 Å². The maximum absolute atomic E-state index is 13.7. The molecule has 0 aromatic heterocycles. The summed E-state index contributed by atoms with van der Waals surface area (Å²) in [5.74, 6) is -0.972. The van der Waals surface area contributed by atoms with E-state index in [1.54, 1.807) is 36.4 Å². The molecule has 4 aliphatic carbocycles. The van der Waals surface area contributed by atoms with E-state index in [2.05, 4.69) is 6.92 Å². The van der Waals surface area contributed by atoms with Crippen molar-refractivity contribution in [2.75, 3.05) is 6.61 Å². The molecule has 4 aliphatic rings. The lowest BCUT2D eigenvalue weighted by molar-refractivity contribution is -0.170. The van der Waals surface area contributed by atoms with Crippen molar-refractivity contribution in [2.24, 2.45) is 28.6 Å². The number of hydrogen-bond donors (Lipinski definition) is 1. The van der Waals surface area contributed by atoms with Crippen LogP contribution in [0, 0.1) is 28.6 Å². The zero-order chi connectivity index (χ0) is 24.3. The molecule has 6 nitrogen and oxygen atoms in total. The number of allylic oxidation sites excluding steroid dienone is 1. The lowest BCUT2D eigenvalue weighted by atomic mass is 9.46. The first-order valence-electron chi connectivity index (χ1n) is 12.3. The third kappa shape index (κ3) is 3.25. The summed E-state index contributed by atoms with van der Waals surface area (Å²) < 4.78 is 5.25. The first-order chi connectivity index (χ1) is 16.1. The van der Waals surface area contributed by atoms with Crippen molar-refractivity contribution in [1.82, 2.24) is 0 Å². The SMILES string of the molecule is C[C@]12CC(=O)[C@@H]3[C@H](CCC4=CC(=O)CC[C@]43C)[C@@H]1CC[C@@]2(O)C(=O)COC(=O)c1ccccc1. The molecule has 6 heteroatoms. The van der Waals surface area contributed by atoms with Crippen molar-refractivity contribution in [3.05, 3.63) is 47.5 Å². The van der Waals surface area contributed by atoms with Crippen LogP contribution in [0.3, 0.4) is 0 Å². The van der Waals surface area contributed by atoms with Crippen LogP contribution in [0.2, 0.25) is 0 Å². The smallest absolute Gasteiger partial charge is 0.338 e. The van der Waals surface area contributed by atoms with Gasteiger partial charge in [-0.1, -0.05) is 37.6 Å². The Hall–Kier alpha value is -2.60. The van der Waals surface area contributed by atoms with Gasteiger partial charge in [-0.05, 0) is 67.6 Å². The molecule has 0 heterocycles. The Morgan fingerprint density at radius 3 is 2.53 bits per heavy atom. The van der Waals surface area contributed by atoms with Gasteiger partial charge in [-0.15, -0.1) is 0 Å². The topological polar surface area (TPSA) is 97.7 Å². The lowest BCUT2D eigenvalue weighted by Crippen LogP contribution is -2.61. The minimum atomic E-state index is -1.70. The molecule has 34 heavy (non-hydrogen) atoms. The van der Waals surface area contributed by atoms with Crippen LogP contribution in [0.1, 0.15) is 69.2 Å². The number of Topliss-reactive ketones (excluding diaryl/α,β-unsaturated/α-hetero) is 2. The largest absolute Gasteiger partial charge is 0.454 e. The molecule has 0 unspecified atom stereocenters. The molecule has 1 aromatic carbocycles. The molecular weight excluding hydrogens is 432 g/mol. The van der Waals surface area contributed by atoms with E-state index in [1.165, 1.54) is 0 Å². The van der Waals surface area contributed by atoms with Crippen molar-refractivity contribution >= 4 is 23.3 Å². The number of aliphatic hydroxyl groups is 1. The van der Waals surface area contributed by atoms with Crippen LogP contribution in [0.25, 0.3) is 0 Å². The Balaban J connectivity index is 1.37. The van der Waals surface area contributed by atoms with Crippen molar-refractivity contribution in [2.45, 2.75) is 64.4 Å². The van der Waals surface area contributed by atoms with Crippen LogP contribution in [0.15, 0.2) is 42.0 Å². The van der Waals surface area contributed by atoms with Gasteiger partial charge >= 0.3 is 5.97 Å². The third-order valence-corrected chi connectivity index (χ3v) is 9.61. The average Bonchev–Trinajstić information content (AvgIpc) is 3.09. The van der Waals surface area contributed by atoms with Crippen molar-refractivity contribution in [3.8, 4) is 0 Å². The molecule has 3 fully saturated rings. The number of carbonyl (C=O) groups is 4. The number of esters is 1. The minimum absolute atomic E-state index is 0.0324. The lowest BCUT2D eigenvalue weighted by Gasteiger charge is -2.57. The normalized spacial score (nSPS) is 38.9. The molecule has 0 aliphatic heterocycles. The molecule has 0 amide bonds. The molecule has 6 atom stereocenters. The van der Waals surface area contributed by atoms with Gasteiger partial charge in [-0.2, -0.15) is 0 Å². The predicted molar refractivity (Wildman–Crippen MR) is 124 cm³/mol. The summed E-state index contributed by atoms with van der Waals surface area (Å²) in [5, 5.41) is 11.7. The van der Waals surface area contributed by atoms with Crippen LogP contribution in [-0.2, 0) is 19.1 Å². The summed E-state index contributed by atoms with van der Waals surface area (Å²) in [4.78, 5) is 51.3. The second kappa shape index (κ2) is 7.98. The first-order valence-corrected chi connectivity index (χ1v) is 12.3. The quantitative estimate of drug-likeness (QED) is 0.680. The first kappa shape index (κ1) is 23.2. The summed E-state index contributed by atoms with van der Waals surface area (Å²) >= 11 is 0. The highest BCUT2D eigenvalue weighted by Gasteiger charge is 2.68. The van der Waals surface area contributed by atoms with E-state index in [9.17, 15) is 24.3 Å². The van der Waals surface area contributed by atoms with Gasteiger partial charge in [-0.25, -0.2) is 4.79 Å². The van der Waals surface area contributed by atoms with E-state index in [4.69, 9.17) is 4.74 Å². The average molecular weight is 465 g/mol. The van der Waals surface area contributed by atoms with E-state index in [0.29, 0.717) is 24.8 Å². The fourth-order valence-electron chi connectivity index (χ4n) is 7.75. The molecule has 1 aromatic rings. The fraction of sp³-hybridized carbons (Fsp3) is 0.571. The van der Waals surface area contributed by atoms with Gasteiger partial charge in [-0.3, -0.25) is 14.4 Å². The monoisotopic (exact) mass is 464 g/mol. The molecule has 0 spiro atoms. The second-order valence-electron chi connectivity index (χ2n) is 11.2. The number of hydrogen-bond acceptors (Lipinski definition) is 6. The van der Waals surface area contributed by atoms with Crippen LogP contribution in [-0.4, -0.2) is 40.6 Å². The molecular formula is C28H32O6. The van der Waals surface area contributed by atoms with Crippen LogP contribution < -0.4 is 0 Å². The molecule has 180 valence electrons. The van der Waals surface area contributed by atoms with Gasteiger partial charge in [0, 0.05) is 24.2 Å². The zero-order valence-electron chi connectivity index (χ0n) is 19.8. The van der Waals surface area contributed by atoms with E-state index < -0.39 is 29.4 Å². The van der Waals surface area contributed by atoms with Crippen LogP contribution in [0.5, 0.6) is 0 Å². The fourth-order valence-corrected chi connectivity index (χ4v) is 7.75. The zero-order valence-corrected chi connectivity index (χ0v) is 19.8. The Bertz CT molecular complexity index is 1090. The highest BCUT2D eigenvalue weighted by atomic mass is 16.5. The number of ether oxygens (including phenoxy) is 1. The third-order valence-electron chi connectivity index (χ3n) is 9.61. The molecule has 3 saturated carbocycles. The summed E-state index contributed by atoms with van der Waals surface area (Å²) in [7, 11) is 0. The summed E-state index contributed by atoms with van der Waals surface area (Å²) in [6.45, 7) is 3.48. The number of fused-ring (bicyclic) bond motifs is 5. The van der Waals surface area contributed by atoms with E-state index in [0.717, 1.165) is 18.4 Å². The van der Waals surface area contributed by atoms with E-state index >= 15 is 0 Å². The Kier molecular flexibility index (Phi) is 5.43. The van der Waals surface area contributed by atoms with Gasteiger partial charge in [0.15, 0.2) is 12.4 Å². The Labute approximate surface area is 199 Å². The summed E-state index contributed by atoms with van der Waals surface area (Å²) in [6, 6.07) is 8.43. The van der Waals surface area contributed by atoms with Crippen molar-refractivity contribution in [3.63, 3.8) is 0 Å². The molecule has 0 radical (unpaired) electrons. The molecule has 0 saturated heterocycles. The van der Waals surface area contributed by atoms with Gasteiger partial charge in [0.2, 0.25) is 5.78 Å².